The molecule has 1 aromatic heterocycles. The SMILES string of the molecule is Cc1ccc(F)c(-c2nc(Cl)ncc2C)c1. The normalized spacial score (nSPS) is 10.5. The number of aryl methyl sites for hydroxylation is 2. The highest BCUT2D eigenvalue weighted by Gasteiger charge is 2.10. The predicted molar refractivity (Wildman–Crippen MR) is 61.9 cm³/mol. The molecular formula is C12H10ClFN2. The Hall–Kier alpha value is -1.48. The van der Waals surface area contributed by atoms with Crippen LogP contribution in [-0.4, -0.2) is 9.97 Å². The fraction of sp³-hybridized carbons (Fsp3) is 0.167. The molecular weight excluding hydrogens is 227 g/mol. The second-order valence-corrected chi connectivity index (χ2v) is 3.99. The molecule has 0 N–H and O–H groups in total. The molecule has 4 heteroatoms. The van der Waals surface area contributed by atoms with Gasteiger partial charge in [0.05, 0.1) is 5.69 Å². The average molecular weight is 237 g/mol. The van der Waals surface area contributed by atoms with Crippen molar-refractivity contribution in [2.24, 2.45) is 0 Å². The molecule has 2 aromatic rings. The van der Waals surface area contributed by atoms with Crippen molar-refractivity contribution in [1.29, 1.82) is 0 Å². The zero-order valence-electron chi connectivity index (χ0n) is 8.96. The van der Waals surface area contributed by atoms with Crippen molar-refractivity contribution in [2.45, 2.75) is 13.8 Å². The lowest BCUT2D eigenvalue weighted by atomic mass is 10.1. The lowest BCUT2D eigenvalue weighted by Crippen LogP contribution is -1.94. The summed E-state index contributed by atoms with van der Waals surface area (Å²) in [6.07, 6.45) is 1.59. The zero-order chi connectivity index (χ0) is 11.7. The van der Waals surface area contributed by atoms with Gasteiger partial charge in [-0.05, 0) is 43.1 Å². The Labute approximate surface area is 98.1 Å². The minimum Gasteiger partial charge on any atom is -0.226 e. The van der Waals surface area contributed by atoms with Gasteiger partial charge in [0.15, 0.2) is 0 Å². The fourth-order valence-electron chi connectivity index (χ4n) is 1.51. The Morgan fingerprint density at radius 1 is 1.25 bits per heavy atom. The molecule has 0 radical (unpaired) electrons. The van der Waals surface area contributed by atoms with Gasteiger partial charge in [-0.3, -0.25) is 0 Å². The van der Waals surface area contributed by atoms with E-state index in [4.69, 9.17) is 11.6 Å². The number of aromatic nitrogens is 2. The van der Waals surface area contributed by atoms with E-state index in [0.29, 0.717) is 11.3 Å². The van der Waals surface area contributed by atoms with Gasteiger partial charge in [-0.15, -0.1) is 0 Å². The molecule has 0 spiro atoms. The van der Waals surface area contributed by atoms with Crippen molar-refractivity contribution in [1.82, 2.24) is 9.97 Å². The van der Waals surface area contributed by atoms with E-state index < -0.39 is 0 Å². The number of hydrogen-bond donors (Lipinski definition) is 0. The Morgan fingerprint density at radius 2 is 2.00 bits per heavy atom. The van der Waals surface area contributed by atoms with Gasteiger partial charge in [0.25, 0.3) is 0 Å². The molecule has 0 fully saturated rings. The summed E-state index contributed by atoms with van der Waals surface area (Å²) in [5.74, 6) is -0.302. The topological polar surface area (TPSA) is 25.8 Å². The molecule has 0 saturated carbocycles. The largest absolute Gasteiger partial charge is 0.226 e. The molecule has 0 aliphatic heterocycles. The summed E-state index contributed by atoms with van der Waals surface area (Å²) in [5.41, 5.74) is 2.78. The molecule has 1 heterocycles. The van der Waals surface area contributed by atoms with Crippen LogP contribution in [0.25, 0.3) is 11.3 Å². The van der Waals surface area contributed by atoms with E-state index in [1.807, 2.05) is 13.8 Å². The van der Waals surface area contributed by atoms with Crippen LogP contribution in [0.15, 0.2) is 24.4 Å². The summed E-state index contributed by atoms with van der Waals surface area (Å²) < 4.78 is 13.7. The van der Waals surface area contributed by atoms with Gasteiger partial charge < -0.3 is 0 Å². The highest BCUT2D eigenvalue weighted by atomic mass is 35.5. The summed E-state index contributed by atoms with van der Waals surface area (Å²) in [4.78, 5) is 7.91. The number of benzene rings is 1. The smallest absolute Gasteiger partial charge is 0.222 e. The summed E-state index contributed by atoms with van der Waals surface area (Å²) in [6, 6.07) is 4.90. The van der Waals surface area contributed by atoms with Crippen molar-refractivity contribution >= 4 is 11.6 Å². The molecule has 0 aliphatic rings. The van der Waals surface area contributed by atoms with Crippen LogP contribution in [0, 0.1) is 19.7 Å². The molecule has 0 saturated heterocycles. The van der Waals surface area contributed by atoms with E-state index in [1.54, 1.807) is 18.3 Å². The number of hydrogen-bond acceptors (Lipinski definition) is 2. The summed E-state index contributed by atoms with van der Waals surface area (Å²) in [7, 11) is 0. The summed E-state index contributed by atoms with van der Waals surface area (Å²) in [6.45, 7) is 3.73. The highest BCUT2D eigenvalue weighted by Crippen LogP contribution is 2.25. The van der Waals surface area contributed by atoms with Crippen molar-refractivity contribution in [2.75, 3.05) is 0 Å². The Morgan fingerprint density at radius 3 is 2.75 bits per heavy atom. The van der Waals surface area contributed by atoms with Gasteiger partial charge in [0, 0.05) is 11.8 Å². The second kappa shape index (κ2) is 4.18. The number of halogens is 2. The lowest BCUT2D eigenvalue weighted by molar-refractivity contribution is 0.630. The van der Waals surface area contributed by atoms with Crippen LogP contribution in [0.2, 0.25) is 5.28 Å². The number of nitrogens with zero attached hydrogens (tertiary/aromatic N) is 2. The van der Waals surface area contributed by atoms with Crippen LogP contribution >= 0.6 is 11.6 Å². The van der Waals surface area contributed by atoms with Crippen LogP contribution in [-0.2, 0) is 0 Å². The van der Waals surface area contributed by atoms with Crippen molar-refractivity contribution in [3.8, 4) is 11.3 Å². The lowest BCUT2D eigenvalue weighted by Gasteiger charge is -2.07. The van der Waals surface area contributed by atoms with Crippen LogP contribution in [0.4, 0.5) is 4.39 Å². The summed E-state index contributed by atoms with van der Waals surface area (Å²) in [5, 5.41) is 0.126. The van der Waals surface area contributed by atoms with Crippen molar-refractivity contribution in [3.05, 3.63) is 46.6 Å². The van der Waals surface area contributed by atoms with E-state index in [9.17, 15) is 4.39 Å². The fourth-order valence-corrected chi connectivity index (χ4v) is 1.65. The van der Waals surface area contributed by atoms with Crippen molar-refractivity contribution in [3.63, 3.8) is 0 Å². The molecule has 0 atom stereocenters. The van der Waals surface area contributed by atoms with Gasteiger partial charge >= 0.3 is 0 Å². The van der Waals surface area contributed by atoms with E-state index in [2.05, 4.69) is 9.97 Å². The standard InChI is InChI=1S/C12H10ClFN2/c1-7-3-4-10(14)9(5-7)11-8(2)6-15-12(13)16-11/h3-6H,1-2H3. The van der Waals surface area contributed by atoms with Gasteiger partial charge in [-0.25, -0.2) is 14.4 Å². The molecule has 0 amide bonds. The van der Waals surface area contributed by atoms with Crippen LogP contribution < -0.4 is 0 Å². The maximum absolute atomic E-state index is 13.7. The minimum absolute atomic E-state index is 0.126. The maximum atomic E-state index is 13.7. The van der Waals surface area contributed by atoms with Crippen LogP contribution in [0.1, 0.15) is 11.1 Å². The van der Waals surface area contributed by atoms with Gasteiger partial charge in [0.2, 0.25) is 5.28 Å². The summed E-state index contributed by atoms with van der Waals surface area (Å²) >= 11 is 5.71. The Kier molecular flexibility index (Phi) is 2.88. The highest BCUT2D eigenvalue weighted by molar-refractivity contribution is 6.28. The van der Waals surface area contributed by atoms with E-state index >= 15 is 0 Å². The molecule has 0 aliphatic carbocycles. The van der Waals surface area contributed by atoms with Crippen LogP contribution in [0.3, 0.4) is 0 Å². The third-order valence-electron chi connectivity index (χ3n) is 2.32. The van der Waals surface area contributed by atoms with Gasteiger partial charge in [-0.1, -0.05) is 11.6 Å². The van der Waals surface area contributed by atoms with Gasteiger partial charge in [0.1, 0.15) is 5.82 Å². The average Bonchev–Trinajstić information content (AvgIpc) is 2.25. The third kappa shape index (κ3) is 2.04. The quantitative estimate of drug-likeness (QED) is 0.708. The molecule has 0 bridgehead atoms. The van der Waals surface area contributed by atoms with Crippen molar-refractivity contribution < 1.29 is 4.39 Å². The third-order valence-corrected chi connectivity index (χ3v) is 2.50. The Bertz CT molecular complexity index is 491. The molecule has 82 valence electrons. The van der Waals surface area contributed by atoms with E-state index in [0.717, 1.165) is 11.1 Å². The van der Waals surface area contributed by atoms with Crippen LogP contribution in [0.5, 0.6) is 0 Å². The first kappa shape index (κ1) is 11.0. The van der Waals surface area contributed by atoms with E-state index in [-0.39, 0.29) is 11.1 Å². The monoisotopic (exact) mass is 236 g/mol. The van der Waals surface area contributed by atoms with E-state index in [1.165, 1.54) is 6.07 Å². The first-order valence-electron chi connectivity index (χ1n) is 4.83. The first-order chi connectivity index (χ1) is 7.58. The zero-order valence-corrected chi connectivity index (χ0v) is 9.72. The van der Waals surface area contributed by atoms with Gasteiger partial charge in [-0.2, -0.15) is 0 Å². The molecule has 16 heavy (non-hydrogen) atoms. The molecule has 2 nitrogen and oxygen atoms in total. The second-order valence-electron chi connectivity index (χ2n) is 3.65. The predicted octanol–water partition coefficient (Wildman–Crippen LogP) is 3.55. The first-order valence-corrected chi connectivity index (χ1v) is 5.21. The molecule has 1 aromatic carbocycles. The minimum atomic E-state index is -0.302. The molecule has 2 rings (SSSR count). The maximum Gasteiger partial charge on any atom is 0.222 e. The number of rotatable bonds is 1. The Balaban J connectivity index is 2.66. The molecule has 0 unspecified atom stereocenters.